The fourth-order valence-corrected chi connectivity index (χ4v) is 3.49. The Kier molecular flexibility index (Phi) is 5.66. The van der Waals surface area contributed by atoms with Crippen molar-refractivity contribution >= 4 is 12.6 Å². The number of hydrogen-bond donors (Lipinski definition) is 1. The minimum atomic E-state index is -4.40. The lowest BCUT2D eigenvalue weighted by Gasteiger charge is -2.32. The zero-order valence-electron chi connectivity index (χ0n) is 19.1. The second kappa shape index (κ2) is 7.36. The molecule has 1 heterocycles. The molecule has 0 aromatic heterocycles. The van der Waals surface area contributed by atoms with Gasteiger partial charge in [-0.05, 0) is 70.6 Å². The van der Waals surface area contributed by atoms with Crippen molar-refractivity contribution in [3.63, 3.8) is 0 Å². The van der Waals surface area contributed by atoms with E-state index in [4.69, 9.17) is 9.31 Å². The lowest BCUT2D eigenvalue weighted by Crippen LogP contribution is -2.41. The molecule has 0 bridgehead atoms. The number of hydrogen-bond acceptors (Lipinski definition) is 3. The van der Waals surface area contributed by atoms with E-state index in [0.29, 0.717) is 11.1 Å². The van der Waals surface area contributed by atoms with Crippen LogP contribution in [0.5, 0.6) is 0 Å². The molecule has 0 aliphatic carbocycles. The highest BCUT2D eigenvalue weighted by Gasteiger charge is 2.52. The van der Waals surface area contributed by atoms with Crippen LogP contribution in [0.2, 0.25) is 0 Å². The van der Waals surface area contributed by atoms with Gasteiger partial charge in [-0.15, -0.1) is 0 Å². The lowest BCUT2D eigenvalue weighted by molar-refractivity contribution is -0.180. The van der Waals surface area contributed by atoms with Crippen LogP contribution in [0, 0.1) is 0 Å². The van der Waals surface area contributed by atoms with E-state index in [2.05, 4.69) is 0 Å². The summed E-state index contributed by atoms with van der Waals surface area (Å²) in [6.07, 6.45) is -4.40. The molecule has 1 unspecified atom stereocenters. The van der Waals surface area contributed by atoms with E-state index in [-0.39, 0.29) is 5.56 Å². The number of halogens is 3. The van der Waals surface area contributed by atoms with Gasteiger partial charge in [0.25, 0.3) is 0 Å². The van der Waals surface area contributed by atoms with Crippen LogP contribution in [0.4, 0.5) is 13.2 Å². The summed E-state index contributed by atoms with van der Waals surface area (Å²) in [5, 5.41) is 11.2. The van der Waals surface area contributed by atoms with Crippen LogP contribution in [0.25, 0.3) is 0 Å². The molecule has 1 atom stereocenters. The zero-order chi connectivity index (χ0) is 23.5. The minimum absolute atomic E-state index is 0.103. The van der Waals surface area contributed by atoms with Crippen molar-refractivity contribution in [1.82, 2.24) is 0 Å². The first kappa shape index (κ1) is 23.8. The Balaban J connectivity index is 1.89. The Labute approximate surface area is 182 Å². The SMILES string of the molecule is CC(O)(c1ccc(B2OC(C)(C)C(C)(C)O2)cc1)c1cccc(C(C)(C)C(F)(F)F)c1. The molecule has 3 rings (SSSR count). The number of rotatable bonds is 4. The first-order valence-corrected chi connectivity index (χ1v) is 10.4. The minimum Gasteiger partial charge on any atom is -0.399 e. The standard InChI is InChI=1S/C24H30BF3O3/c1-20(2,24(26,27)28)17-9-8-10-18(15-17)23(7,29)16-11-13-19(14-12-16)25-30-21(3,4)22(5,6)31-25/h8-15,29H,1-7H3. The molecule has 31 heavy (non-hydrogen) atoms. The number of benzene rings is 2. The normalized spacial score (nSPS) is 20.5. The molecule has 0 amide bonds. The summed E-state index contributed by atoms with van der Waals surface area (Å²) in [5.41, 5.74) is -2.55. The second-order valence-electron chi connectivity index (χ2n) is 9.99. The van der Waals surface area contributed by atoms with Gasteiger partial charge in [-0.1, -0.05) is 48.5 Å². The molecule has 1 fully saturated rings. The highest BCUT2D eigenvalue weighted by molar-refractivity contribution is 6.62. The molecule has 0 spiro atoms. The quantitative estimate of drug-likeness (QED) is 0.683. The van der Waals surface area contributed by atoms with E-state index in [1.54, 1.807) is 31.2 Å². The van der Waals surface area contributed by atoms with E-state index < -0.39 is 35.5 Å². The molecule has 2 aromatic rings. The zero-order valence-corrected chi connectivity index (χ0v) is 19.1. The van der Waals surface area contributed by atoms with Crippen molar-refractivity contribution in [2.75, 3.05) is 0 Å². The molecule has 1 aliphatic heterocycles. The molecule has 168 valence electrons. The Morgan fingerprint density at radius 3 is 1.74 bits per heavy atom. The van der Waals surface area contributed by atoms with Crippen LogP contribution in [-0.2, 0) is 20.3 Å². The largest absolute Gasteiger partial charge is 0.494 e. The predicted molar refractivity (Wildman–Crippen MR) is 116 cm³/mol. The highest BCUT2D eigenvalue weighted by Crippen LogP contribution is 2.42. The molecule has 3 nitrogen and oxygen atoms in total. The maximum atomic E-state index is 13.5. The van der Waals surface area contributed by atoms with Gasteiger partial charge in [0.1, 0.15) is 5.60 Å². The Hall–Kier alpha value is -1.83. The van der Waals surface area contributed by atoms with Crippen LogP contribution in [0.1, 0.15) is 65.2 Å². The van der Waals surface area contributed by atoms with Gasteiger partial charge in [0.15, 0.2) is 0 Å². The molecule has 0 saturated carbocycles. The topological polar surface area (TPSA) is 38.7 Å². The van der Waals surface area contributed by atoms with Gasteiger partial charge in [0.05, 0.1) is 16.6 Å². The third-order valence-corrected chi connectivity index (χ3v) is 6.85. The Morgan fingerprint density at radius 2 is 1.26 bits per heavy atom. The maximum absolute atomic E-state index is 13.5. The van der Waals surface area contributed by atoms with Crippen molar-refractivity contribution in [2.24, 2.45) is 0 Å². The van der Waals surface area contributed by atoms with Crippen LogP contribution >= 0.6 is 0 Å². The molecule has 7 heteroatoms. The average Bonchev–Trinajstić information content (AvgIpc) is 2.88. The average molecular weight is 434 g/mol. The van der Waals surface area contributed by atoms with Crippen molar-refractivity contribution in [3.05, 3.63) is 65.2 Å². The van der Waals surface area contributed by atoms with Crippen molar-refractivity contribution < 1.29 is 27.6 Å². The summed E-state index contributed by atoms with van der Waals surface area (Å²) < 4.78 is 52.6. The van der Waals surface area contributed by atoms with E-state index in [9.17, 15) is 18.3 Å². The van der Waals surface area contributed by atoms with E-state index in [1.807, 2.05) is 39.8 Å². The number of alkyl halides is 3. The van der Waals surface area contributed by atoms with Gasteiger partial charge in [0, 0.05) is 0 Å². The summed E-state index contributed by atoms with van der Waals surface area (Å²) >= 11 is 0. The summed E-state index contributed by atoms with van der Waals surface area (Å²) in [6, 6.07) is 13.2. The molecule has 1 saturated heterocycles. The van der Waals surface area contributed by atoms with Gasteiger partial charge in [-0.3, -0.25) is 0 Å². The van der Waals surface area contributed by atoms with Gasteiger partial charge in [0.2, 0.25) is 0 Å². The Bertz CT molecular complexity index is 931. The van der Waals surface area contributed by atoms with Crippen molar-refractivity contribution in [2.45, 2.75) is 76.9 Å². The fourth-order valence-electron chi connectivity index (χ4n) is 3.49. The molecular formula is C24H30BF3O3. The van der Waals surface area contributed by atoms with E-state index >= 15 is 0 Å². The molecule has 0 radical (unpaired) electrons. The van der Waals surface area contributed by atoms with E-state index in [1.165, 1.54) is 12.1 Å². The second-order valence-corrected chi connectivity index (χ2v) is 9.99. The fraction of sp³-hybridized carbons (Fsp3) is 0.500. The van der Waals surface area contributed by atoms with E-state index in [0.717, 1.165) is 19.3 Å². The van der Waals surface area contributed by atoms with Gasteiger partial charge >= 0.3 is 13.3 Å². The summed E-state index contributed by atoms with van der Waals surface area (Å²) in [5.74, 6) is 0. The van der Waals surface area contributed by atoms with Gasteiger partial charge < -0.3 is 14.4 Å². The van der Waals surface area contributed by atoms with Crippen LogP contribution < -0.4 is 5.46 Å². The lowest BCUT2D eigenvalue weighted by atomic mass is 9.76. The first-order valence-electron chi connectivity index (χ1n) is 10.4. The summed E-state index contributed by atoms with van der Waals surface area (Å²) in [4.78, 5) is 0. The molecule has 1 aliphatic rings. The summed E-state index contributed by atoms with van der Waals surface area (Å²) in [6.45, 7) is 11.8. The van der Waals surface area contributed by atoms with Gasteiger partial charge in [-0.25, -0.2) is 0 Å². The molecular weight excluding hydrogens is 404 g/mol. The van der Waals surface area contributed by atoms with Crippen LogP contribution in [0.3, 0.4) is 0 Å². The third kappa shape index (κ3) is 4.15. The summed E-state index contributed by atoms with van der Waals surface area (Å²) in [7, 11) is -0.528. The monoisotopic (exact) mass is 434 g/mol. The van der Waals surface area contributed by atoms with Crippen LogP contribution in [0.15, 0.2) is 48.5 Å². The van der Waals surface area contributed by atoms with Gasteiger partial charge in [-0.2, -0.15) is 13.2 Å². The molecule has 2 aromatic carbocycles. The maximum Gasteiger partial charge on any atom is 0.494 e. The first-order chi connectivity index (χ1) is 14.0. The van der Waals surface area contributed by atoms with Crippen LogP contribution in [-0.4, -0.2) is 29.6 Å². The van der Waals surface area contributed by atoms with Crippen molar-refractivity contribution in [1.29, 1.82) is 0 Å². The molecule has 1 N–H and O–H groups in total. The Morgan fingerprint density at radius 1 is 0.774 bits per heavy atom. The number of aliphatic hydroxyl groups is 1. The smallest absolute Gasteiger partial charge is 0.399 e. The predicted octanol–water partition coefficient (Wildman–Crippen LogP) is 5.08. The van der Waals surface area contributed by atoms with Crippen molar-refractivity contribution in [3.8, 4) is 0 Å². The third-order valence-electron chi connectivity index (χ3n) is 6.85. The highest BCUT2D eigenvalue weighted by atomic mass is 19.4.